The molecule has 3 fully saturated rings. The van der Waals surface area contributed by atoms with E-state index in [0.29, 0.717) is 37.0 Å². The molecule has 10 nitrogen and oxygen atoms in total. The number of anilines is 4. The van der Waals surface area contributed by atoms with Gasteiger partial charge in [-0.1, -0.05) is 13.8 Å². The molecule has 0 saturated carbocycles. The molecule has 0 unspecified atom stereocenters. The Morgan fingerprint density at radius 3 is 2.64 bits per heavy atom. The number of aliphatic hydroxyl groups excluding tert-OH is 1. The van der Waals surface area contributed by atoms with Crippen molar-refractivity contribution >= 4 is 40.1 Å². The Kier molecular flexibility index (Phi) is 6.49. The molecule has 2 N–H and O–H groups in total. The number of pyridine rings is 2. The standard InChI is InChI=1S/C28H35FN8O2/c1-17(2)20-12-32-26(36-14-18(15-36)37-9-4-5-25(37)39)21-13-31-24(11-19(20)21)33-23-6-8-30-27(34-23)35-10-7-22(38)28(3,29)16-35/h6,8,11-13,17-18,22,38H,4-5,7,9-10,14-16H2,1-3H3,(H,30,31,33,34)/t22-,28+/m1/s1. The molecule has 39 heavy (non-hydrogen) atoms. The molecule has 3 aromatic heterocycles. The van der Waals surface area contributed by atoms with Crippen molar-refractivity contribution in [1.29, 1.82) is 0 Å². The van der Waals surface area contributed by atoms with Gasteiger partial charge in [0.25, 0.3) is 0 Å². The van der Waals surface area contributed by atoms with E-state index in [9.17, 15) is 14.3 Å². The first-order chi connectivity index (χ1) is 18.7. The lowest BCUT2D eigenvalue weighted by atomic mass is 9.94. The third-order valence-electron chi connectivity index (χ3n) is 8.17. The number of amides is 1. The first-order valence-electron chi connectivity index (χ1n) is 13.7. The van der Waals surface area contributed by atoms with Gasteiger partial charge in [0.15, 0.2) is 5.67 Å². The highest BCUT2D eigenvalue weighted by molar-refractivity contribution is 5.96. The molecule has 0 bridgehead atoms. The topological polar surface area (TPSA) is 111 Å². The molecule has 206 valence electrons. The molecule has 1 amide bonds. The fourth-order valence-corrected chi connectivity index (χ4v) is 5.81. The lowest BCUT2D eigenvalue weighted by Gasteiger charge is -2.45. The molecule has 0 aliphatic carbocycles. The smallest absolute Gasteiger partial charge is 0.227 e. The van der Waals surface area contributed by atoms with E-state index < -0.39 is 11.8 Å². The minimum Gasteiger partial charge on any atom is -0.390 e. The maximum atomic E-state index is 14.7. The van der Waals surface area contributed by atoms with Crippen LogP contribution in [0.15, 0.2) is 30.7 Å². The number of fused-ring (bicyclic) bond motifs is 1. The number of aromatic nitrogens is 4. The number of nitrogens with one attached hydrogen (secondary N) is 1. The van der Waals surface area contributed by atoms with Gasteiger partial charge in [-0.25, -0.2) is 19.3 Å². The van der Waals surface area contributed by atoms with Crippen LogP contribution in [0.4, 0.5) is 27.8 Å². The van der Waals surface area contributed by atoms with E-state index in [1.807, 2.05) is 23.4 Å². The highest BCUT2D eigenvalue weighted by Crippen LogP contribution is 2.35. The van der Waals surface area contributed by atoms with Crippen molar-refractivity contribution in [2.75, 3.05) is 47.8 Å². The molecule has 3 aliphatic heterocycles. The summed E-state index contributed by atoms with van der Waals surface area (Å²) in [5, 5.41) is 15.3. The van der Waals surface area contributed by atoms with Crippen molar-refractivity contribution in [3.8, 4) is 0 Å². The quantitative estimate of drug-likeness (QED) is 0.492. The Balaban J connectivity index is 1.24. The zero-order valence-corrected chi connectivity index (χ0v) is 22.6. The first kappa shape index (κ1) is 25.7. The monoisotopic (exact) mass is 534 g/mol. The molecular weight excluding hydrogens is 499 g/mol. The van der Waals surface area contributed by atoms with Crippen LogP contribution in [0.3, 0.4) is 0 Å². The average molecular weight is 535 g/mol. The first-order valence-corrected chi connectivity index (χ1v) is 13.7. The van der Waals surface area contributed by atoms with Gasteiger partial charge in [0.05, 0.1) is 18.7 Å². The molecule has 0 spiro atoms. The molecule has 3 aromatic rings. The SMILES string of the molecule is CC(C)c1cnc(N2CC(N3CCCC3=O)C2)c2cnc(Nc3ccnc(N4CC[C@@H](O)[C@@](C)(F)C4)n3)cc12. The van der Waals surface area contributed by atoms with Gasteiger partial charge in [-0.05, 0) is 48.8 Å². The molecule has 3 aliphatic rings. The maximum Gasteiger partial charge on any atom is 0.227 e. The number of nitrogens with zero attached hydrogens (tertiary/aromatic N) is 7. The minimum atomic E-state index is -1.72. The lowest BCUT2D eigenvalue weighted by Crippen LogP contribution is -2.60. The van der Waals surface area contributed by atoms with Crippen LogP contribution in [-0.2, 0) is 4.79 Å². The normalized spacial score (nSPS) is 24.1. The van der Waals surface area contributed by atoms with Gasteiger partial charge in [-0.15, -0.1) is 0 Å². The van der Waals surface area contributed by atoms with Gasteiger partial charge in [0.2, 0.25) is 11.9 Å². The second-order valence-electron chi connectivity index (χ2n) is 11.4. The fourth-order valence-electron chi connectivity index (χ4n) is 5.81. The lowest BCUT2D eigenvalue weighted by molar-refractivity contribution is -0.130. The number of carbonyl (C=O) groups excluding carboxylic acids is 1. The Bertz CT molecular complexity index is 1390. The second-order valence-corrected chi connectivity index (χ2v) is 11.4. The summed E-state index contributed by atoms with van der Waals surface area (Å²) in [6.07, 6.45) is 6.37. The van der Waals surface area contributed by atoms with Crippen molar-refractivity contribution in [3.05, 3.63) is 36.3 Å². The minimum absolute atomic E-state index is 0.0304. The molecule has 6 rings (SSSR count). The van der Waals surface area contributed by atoms with Crippen LogP contribution in [0.5, 0.6) is 0 Å². The van der Waals surface area contributed by atoms with E-state index in [4.69, 9.17) is 4.98 Å². The van der Waals surface area contributed by atoms with Gasteiger partial charge < -0.3 is 25.1 Å². The van der Waals surface area contributed by atoms with E-state index in [1.165, 1.54) is 6.92 Å². The summed E-state index contributed by atoms with van der Waals surface area (Å²) in [6, 6.07) is 4.03. The Labute approximate surface area is 227 Å². The van der Waals surface area contributed by atoms with Crippen LogP contribution in [0.2, 0.25) is 0 Å². The number of hydrogen-bond acceptors (Lipinski definition) is 9. The number of rotatable bonds is 6. The van der Waals surface area contributed by atoms with Crippen LogP contribution < -0.4 is 15.1 Å². The summed E-state index contributed by atoms with van der Waals surface area (Å²) in [6.45, 7) is 8.63. The van der Waals surface area contributed by atoms with Crippen molar-refractivity contribution in [1.82, 2.24) is 24.8 Å². The van der Waals surface area contributed by atoms with Gasteiger partial charge in [0.1, 0.15) is 17.5 Å². The summed E-state index contributed by atoms with van der Waals surface area (Å²) in [5.41, 5.74) is -0.590. The summed E-state index contributed by atoms with van der Waals surface area (Å²) in [4.78, 5) is 36.6. The molecule has 2 atom stereocenters. The van der Waals surface area contributed by atoms with Crippen molar-refractivity contribution in [2.24, 2.45) is 0 Å². The zero-order chi connectivity index (χ0) is 27.3. The van der Waals surface area contributed by atoms with Crippen LogP contribution >= 0.6 is 0 Å². The molecule has 0 aromatic carbocycles. The summed E-state index contributed by atoms with van der Waals surface area (Å²) < 4.78 is 14.7. The summed E-state index contributed by atoms with van der Waals surface area (Å²) >= 11 is 0. The van der Waals surface area contributed by atoms with Crippen molar-refractivity contribution < 1.29 is 14.3 Å². The zero-order valence-electron chi connectivity index (χ0n) is 22.6. The Morgan fingerprint density at radius 1 is 1.10 bits per heavy atom. The number of piperidine rings is 1. The van der Waals surface area contributed by atoms with E-state index in [-0.39, 0.29) is 24.4 Å². The van der Waals surface area contributed by atoms with Gasteiger partial charge in [-0.2, -0.15) is 4.98 Å². The Hall–Kier alpha value is -3.60. The summed E-state index contributed by atoms with van der Waals surface area (Å²) in [7, 11) is 0. The van der Waals surface area contributed by atoms with Crippen LogP contribution in [0.1, 0.15) is 51.5 Å². The molecule has 6 heterocycles. The van der Waals surface area contributed by atoms with E-state index in [1.54, 1.807) is 17.2 Å². The van der Waals surface area contributed by atoms with Crippen LogP contribution in [0.25, 0.3) is 10.8 Å². The molecule has 3 saturated heterocycles. The number of alkyl halides is 1. The van der Waals surface area contributed by atoms with Gasteiger partial charge >= 0.3 is 0 Å². The molecule has 11 heteroatoms. The number of halogens is 1. The van der Waals surface area contributed by atoms with E-state index in [0.717, 1.165) is 48.2 Å². The van der Waals surface area contributed by atoms with Crippen LogP contribution in [0, 0.1) is 0 Å². The highest BCUT2D eigenvalue weighted by atomic mass is 19.1. The van der Waals surface area contributed by atoms with Gasteiger partial charge in [0, 0.05) is 56.6 Å². The Morgan fingerprint density at radius 2 is 1.92 bits per heavy atom. The number of carbonyl (C=O) groups is 1. The van der Waals surface area contributed by atoms with Crippen molar-refractivity contribution in [3.63, 3.8) is 0 Å². The predicted molar refractivity (Wildman–Crippen MR) is 148 cm³/mol. The third kappa shape index (κ3) is 4.84. The van der Waals surface area contributed by atoms with E-state index in [2.05, 4.69) is 39.0 Å². The molecular formula is C28H35FN8O2. The third-order valence-corrected chi connectivity index (χ3v) is 8.17. The van der Waals surface area contributed by atoms with Crippen LogP contribution in [-0.4, -0.2) is 86.4 Å². The van der Waals surface area contributed by atoms with Gasteiger partial charge in [-0.3, -0.25) is 4.79 Å². The predicted octanol–water partition coefficient (Wildman–Crippen LogP) is 3.40. The van der Waals surface area contributed by atoms with E-state index >= 15 is 0 Å². The highest BCUT2D eigenvalue weighted by Gasteiger charge is 2.40. The number of aliphatic hydroxyl groups is 1. The average Bonchev–Trinajstić information content (AvgIpc) is 3.30. The largest absolute Gasteiger partial charge is 0.390 e. The summed E-state index contributed by atoms with van der Waals surface area (Å²) in [5.74, 6) is 3.02. The maximum absolute atomic E-state index is 14.7. The van der Waals surface area contributed by atoms with Crippen molar-refractivity contribution in [2.45, 2.75) is 63.8 Å². The number of hydrogen-bond donors (Lipinski definition) is 2. The second kappa shape index (κ2) is 9.86. The molecule has 0 radical (unpaired) electrons. The fraction of sp³-hybridized carbons (Fsp3) is 0.536. The number of likely N-dealkylation sites (tertiary alicyclic amines) is 1.